The van der Waals surface area contributed by atoms with Crippen molar-refractivity contribution in [3.63, 3.8) is 0 Å². The predicted molar refractivity (Wildman–Crippen MR) is 82.7 cm³/mol. The molecular formula is C14H23N5O2. The van der Waals surface area contributed by atoms with Crippen LogP contribution in [0.4, 0.5) is 0 Å². The van der Waals surface area contributed by atoms with Gasteiger partial charge in [-0.15, -0.1) is 0 Å². The van der Waals surface area contributed by atoms with Crippen LogP contribution in [-0.2, 0) is 20.1 Å². The molecule has 116 valence electrons. The normalized spacial score (nSPS) is 11.7. The predicted octanol–water partition coefficient (Wildman–Crippen LogP) is 0.389. The van der Waals surface area contributed by atoms with Crippen LogP contribution >= 0.6 is 0 Å². The van der Waals surface area contributed by atoms with E-state index < -0.39 is 0 Å². The van der Waals surface area contributed by atoms with Crippen molar-refractivity contribution in [1.82, 2.24) is 18.7 Å². The minimum absolute atomic E-state index is 0.166. The molecule has 0 radical (unpaired) electrons. The van der Waals surface area contributed by atoms with Crippen LogP contribution in [-0.4, -0.2) is 25.2 Å². The summed E-state index contributed by atoms with van der Waals surface area (Å²) in [6.07, 6.45) is 0.763. The van der Waals surface area contributed by atoms with E-state index in [0.29, 0.717) is 30.8 Å². The van der Waals surface area contributed by atoms with Crippen LogP contribution < -0.4 is 17.0 Å². The maximum absolute atomic E-state index is 12.6. The number of aryl methyl sites for hydroxylation is 2. The Bertz CT molecular complexity index is 766. The summed E-state index contributed by atoms with van der Waals surface area (Å²) in [5.41, 5.74) is 5.95. The minimum atomic E-state index is -0.325. The van der Waals surface area contributed by atoms with Gasteiger partial charge in [-0.1, -0.05) is 13.8 Å². The van der Waals surface area contributed by atoms with E-state index in [1.165, 1.54) is 9.13 Å². The highest BCUT2D eigenvalue weighted by Gasteiger charge is 2.20. The van der Waals surface area contributed by atoms with E-state index in [9.17, 15) is 9.59 Å². The van der Waals surface area contributed by atoms with Gasteiger partial charge < -0.3 is 10.3 Å². The number of nitrogens with zero attached hydrogens (tertiary/aromatic N) is 4. The van der Waals surface area contributed by atoms with E-state index >= 15 is 0 Å². The molecule has 2 heterocycles. The summed E-state index contributed by atoms with van der Waals surface area (Å²) in [5.74, 6) is 0.985. The lowest BCUT2D eigenvalue weighted by Crippen LogP contribution is -2.39. The number of hydrogen-bond donors (Lipinski definition) is 1. The molecule has 0 saturated carbocycles. The average molecular weight is 293 g/mol. The van der Waals surface area contributed by atoms with Gasteiger partial charge >= 0.3 is 5.69 Å². The van der Waals surface area contributed by atoms with Crippen molar-refractivity contribution in [3.05, 3.63) is 26.7 Å². The van der Waals surface area contributed by atoms with Crippen LogP contribution in [0.15, 0.2) is 9.59 Å². The third-order valence-electron chi connectivity index (χ3n) is 3.68. The largest absolute Gasteiger partial charge is 0.332 e. The van der Waals surface area contributed by atoms with Crippen molar-refractivity contribution in [2.24, 2.45) is 12.8 Å². The van der Waals surface area contributed by atoms with Crippen LogP contribution in [0.25, 0.3) is 11.2 Å². The van der Waals surface area contributed by atoms with Crippen LogP contribution in [0.1, 0.15) is 38.9 Å². The Balaban J connectivity index is 2.90. The highest BCUT2D eigenvalue weighted by Crippen LogP contribution is 2.19. The van der Waals surface area contributed by atoms with E-state index in [2.05, 4.69) is 4.98 Å². The van der Waals surface area contributed by atoms with Crippen LogP contribution in [0.2, 0.25) is 0 Å². The van der Waals surface area contributed by atoms with Crippen molar-refractivity contribution < 1.29 is 0 Å². The standard InChI is InChI=1S/C14H23N5O2/c1-5-18-13(20)10-12(17(4)14(18)21)16-11(9(2)3)19(10)8-6-7-15/h9H,5-8,15H2,1-4H3. The molecule has 0 saturated heterocycles. The molecule has 7 nitrogen and oxygen atoms in total. The third-order valence-corrected chi connectivity index (χ3v) is 3.68. The van der Waals surface area contributed by atoms with E-state index in [-0.39, 0.29) is 17.2 Å². The highest BCUT2D eigenvalue weighted by atomic mass is 16.2. The van der Waals surface area contributed by atoms with Gasteiger partial charge in [-0.05, 0) is 19.9 Å². The summed E-state index contributed by atoms with van der Waals surface area (Å²) >= 11 is 0. The molecule has 0 unspecified atom stereocenters. The van der Waals surface area contributed by atoms with E-state index in [1.807, 2.05) is 18.4 Å². The van der Waals surface area contributed by atoms with E-state index in [1.54, 1.807) is 14.0 Å². The lowest BCUT2D eigenvalue weighted by molar-refractivity contribution is 0.599. The Kier molecular flexibility index (Phi) is 4.32. The summed E-state index contributed by atoms with van der Waals surface area (Å²) in [4.78, 5) is 29.3. The Morgan fingerprint density at radius 3 is 2.43 bits per heavy atom. The molecule has 0 atom stereocenters. The van der Waals surface area contributed by atoms with Gasteiger partial charge in [-0.2, -0.15) is 0 Å². The molecule has 2 rings (SSSR count). The number of imidazole rings is 1. The molecule has 2 aromatic heterocycles. The summed E-state index contributed by atoms with van der Waals surface area (Å²) in [6.45, 7) is 7.37. The first-order valence-electron chi connectivity index (χ1n) is 7.34. The first-order valence-corrected chi connectivity index (χ1v) is 7.34. The van der Waals surface area contributed by atoms with Gasteiger partial charge in [0.25, 0.3) is 5.56 Å². The molecule has 0 spiro atoms. The Hall–Kier alpha value is -1.89. The summed E-state index contributed by atoms with van der Waals surface area (Å²) in [6, 6.07) is 0. The van der Waals surface area contributed by atoms with Crippen LogP contribution in [0, 0.1) is 0 Å². The van der Waals surface area contributed by atoms with Crippen molar-refractivity contribution in [2.75, 3.05) is 6.54 Å². The highest BCUT2D eigenvalue weighted by molar-refractivity contribution is 5.71. The minimum Gasteiger partial charge on any atom is -0.330 e. The zero-order valence-corrected chi connectivity index (χ0v) is 13.1. The van der Waals surface area contributed by atoms with E-state index in [0.717, 1.165) is 12.2 Å². The zero-order valence-electron chi connectivity index (χ0n) is 13.1. The number of hydrogen-bond acceptors (Lipinski definition) is 4. The Morgan fingerprint density at radius 2 is 1.90 bits per heavy atom. The molecule has 2 N–H and O–H groups in total. The van der Waals surface area contributed by atoms with Gasteiger partial charge in [0, 0.05) is 26.1 Å². The van der Waals surface area contributed by atoms with Gasteiger partial charge in [0.2, 0.25) is 0 Å². The van der Waals surface area contributed by atoms with Gasteiger partial charge in [-0.25, -0.2) is 9.78 Å². The van der Waals surface area contributed by atoms with E-state index in [4.69, 9.17) is 5.73 Å². The second-order valence-electron chi connectivity index (χ2n) is 5.48. The lowest BCUT2D eigenvalue weighted by Gasteiger charge is -2.11. The SMILES string of the molecule is CCn1c(=O)c2c(nc(C(C)C)n2CCCN)n(C)c1=O. The molecule has 0 fully saturated rings. The molecule has 0 aromatic carbocycles. The molecule has 2 aromatic rings. The fourth-order valence-electron chi connectivity index (χ4n) is 2.58. The summed E-state index contributed by atoms with van der Waals surface area (Å²) < 4.78 is 4.61. The van der Waals surface area contributed by atoms with Gasteiger partial charge in [0.15, 0.2) is 11.2 Å². The van der Waals surface area contributed by atoms with Gasteiger partial charge in [0.1, 0.15) is 5.82 Å². The van der Waals surface area contributed by atoms with Crippen molar-refractivity contribution in [2.45, 2.75) is 46.2 Å². The smallest absolute Gasteiger partial charge is 0.330 e. The second kappa shape index (κ2) is 5.85. The maximum atomic E-state index is 12.6. The second-order valence-corrected chi connectivity index (χ2v) is 5.48. The molecular weight excluding hydrogens is 270 g/mol. The first-order chi connectivity index (χ1) is 9.93. The monoisotopic (exact) mass is 293 g/mol. The molecule has 0 aliphatic carbocycles. The third kappa shape index (κ3) is 2.42. The summed E-state index contributed by atoms with van der Waals surface area (Å²) in [5, 5.41) is 0. The number of aromatic nitrogens is 4. The quantitative estimate of drug-likeness (QED) is 0.863. The summed E-state index contributed by atoms with van der Waals surface area (Å²) in [7, 11) is 1.65. The molecule has 0 aliphatic heterocycles. The Morgan fingerprint density at radius 1 is 1.24 bits per heavy atom. The Labute approximate surface area is 123 Å². The molecule has 0 aliphatic rings. The zero-order chi connectivity index (χ0) is 15.7. The van der Waals surface area contributed by atoms with Gasteiger partial charge in [-0.3, -0.25) is 13.9 Å². The van der Waals surface area contributed by atoms with Crippen molar-refractivity contribution >= 4 is 11.2 Å². The average Bonchev–Trinajstić information content (AvgIpc) is 2.83. The van der Waals surface area contributed by atoms with Gasteiger partial charge in [0.05, 0.1) is 0 Å². The molecule has 7 heteroatoms. The lowest BCUT2D eigenvalue weighted by atomic mass is 10.2. The maximum Gasteiger partial charge on any atom is 0.332 e. The first kappa shape index (κ1) is 15.5. The fraction of sp³-hybridized carbons (Fsp3) is 0.643. The van der Waals surface area contributed by atoms with Crippen LogP contribution in [0.3, 0.4) is 0 Å². The number of fused-ring (bicyclic) bond motifs is 1. The fourth-order valence-corrected chi connectivity index (χ4v) is 2.58. The number of rotatable bonds is 5. The van der Waals surface area contributed by atoms with Crippen molar-refractivity contribution in [1.29, 1.82) is 0 Å². The molecule has 21 heavy (non-hydrogen) atoms. The van der Waals surface area contributed by atoms with Crippen LogP contribution in [0.5, 0.6) is 0 Å². The molecule has 0 bridgehead atoms. The number of nitrogens with two attached hydrogens (primary N) is 1. The molecule has 0 amide bonds. The van der Waals surface area contributed by atoms with Crippen molar-refractivity contribution in [3.8, 4) is 0 Å². The topological polar surface area (TPSA) is 87.8 Å².